The van der Waals surface area contributed by atoms with Crippen LogP contribution in [0.5, 0.6) is 0 Å². The third-order valence-corrected chi connectivity index (χ3v) is 6.96. The Morgan fingerprint density at radius 2 is 2.03 bits per heavy atom. The van der Waals surface area contributed by atoms with Crippen LogP contribution < -0.4 is 5.32 Å². The van der Waals surface area contributed by atoms with E-state index in [1.54, 1.807) is 18.5 Å². The van der Waals surface area contributed by atoms with Crippen molar-refractivity contribution in [1.29, 1.82) is 0 Å². The number of halogens is 1. The number of benzene rings is 2. The lowest BCUT2D eigenvalue weighted by atomic mass is 10.1. The number of imidazole rings is 1. The summed E-state index contributed by atoms with van der Waals surface area (Å²) in [7, 11) is 1.84. The maximum atomic E-state index is 14.0. The molecule has 0 radical (unpaired) electrons. The fourth-order valence-corrected chi connectivity index (χ4v) is 4.89. The van der Waals surface area contributed by atoms with Crippen molar-refractivity contribution in [3.63, 3.8) is 0 Å². The summed E-state index contributed by atoms with van der Waals surface area (Å²) in [6.45, 7) is 0.823. The van der Waals surface area contributed by atoms with E-state index in [0.717, 1.165) is 12.8 Å². The third kappa shape index (κ3) is 4.22. The van der Waals surface area contributed by atoms with Crippen LogP contribution in [-0.2, 0) is 11.8 Å². The van der Waals surface area contributed by atoms with Crippen LogP contribution in [0.4, 0.5) is 10.1 Å². The van der Waals surface area contributed by atoms with Crippen LogP contribution in [0.15, 0.2) is 58.8 Å². The average molecular weight is 481 g/mol. The standard InChI is InChI=1S/C24H21FN4O4S/c1-28-9-8-26-24(28)34-20-7-5-15(25)12-19(20)27-21(30)14-4-6-17-18(11-14)23(32)29(22(17)31)13-16-3-2-10-33-16/h4-9,11-12,16H,2-3,10,13H2,1H3,(H,27,30). The molecule has 0 spiro atoms. The molecule has 1 unspecified atom stereocenters. The molecule has 0 aliphatic carbocycles. The molecule has 3 amide bonds. The highest BCUT2D eigenvalue weighted by Gasteiger charge is 2.38. The Bertz CT molecular complexity index is 1300. The van der Waals surface area contributed by atoms with Crippen LogP contribution in [0.25, 0.3) is 0 Å². The highest BCUT2D eigenvalue weighted by atomic mass is 32.2. The fourth-order valence-electron chi connectivity index (χ4n) is 4.02. The first-order valence-electron chi connectivity index (χ1n) is 10.8. The first-order valence-corrected chi connectivity index (χ1v) is 11.6. The van der Waals surface area contributed by atoms with Gasteiger partial charge in [-0.05, 0) is 61.0 Å². The average Bonchev–Trinajstić information content (AvgIpc) is 3.54. The molecule has 2 aliphatic heterocycles. The Kier molecular flexibility index (Phi) is 5.93. The number of hydrogen-bond acceptors (Lipinski definition) is 6. The van der Waals surface area contributed by atoms with Gasteiger partial charge in [0.1, 0.15) is 5.82 Å². The van der Waals surface area contributed by atoms with Crippen molar-refractivity contribution in [2.75, 3.05) is 18.5 Å². The molecule has 8 nitrogen and oxygen atoms in total. The van der Waals surface area contributed by atoms with Crippen molar-refractivity contribution < 1.29 is 23.5 Å². The predicted molar refractivity (Wildman–Crippen MR) is 122 cm³/mol. The van der Waals surface area contributed by atoms with Crippen LogP contribution >= 0.6 is 11.8 Å². The monoisotopic (exact) mass is 480 g/mol. The molecule has 5 rings (SSSR count). The van der Waals surface area contributed by atoms with E-state index >= 15 is 0 Å². The van der Waals surface area contributed by atoms with E-state index in [9.17, 15) is 18.8 Å². The Labute approximate surface area is 199 Å². The van der Waals surface area contributed by atoms with Gasteiger partial charge in [0.15, 0.2) is 5.16 Å². The quantitative estimate of drug-likeness (QED) is 0.541. The number of carbonyl (C=O) groups is 3. The number of imide groups is 1. The minimum Gasteiger partial charge on any atom is -0.376 e. The topological polar surface area (TPSA) is 93.5 Å². The van der Waals surface area contributed by atoms with E-state index in [4.69, 9.17) is 4.74 Å². The molecule has 1 N–H and O–H groups in total. The Balaban J connectivity index is 1.37. The number of nitrogens with one attached hydrogen (secondary N) is 1. The number of aromatic nitrogens is 2. The van der Waals surface area contributed by atoms with E-state index in [0.29, 0.717) is 16.7 Å². The lowest BCUT2D eigenvalue weighted by Gasteiger charge is -2.17. The second-order valence-electron chi connectivity index (χ2n) is 8.13. The van der Waals surface area contributed by atoms with E-state index in [1.807, 2.05) is 11.6 Å². The van der Waals surface area contributed by atoms with E-state index in [2.05, 4.69) is 10.3 Å². The molecule has 3 aromatic rings. The number of fused-ring (bicyclic) bond motifs is 1. The van der Waals surface area contributed by atoms with Gasteiger partial charge in [0.05, 0.1) is 29.5 Å². The molecule has 174 valence electrons. The lowest BCUT2D eigenvalue weighted by molar-refractivity contribution is 0.0475. The smallest absolute Gasteiger partial charge is 0.261 e. The third-order valence-electron chi connectivity index (χ3n) is 5.81. The summed E-state index contributed by atoms with van der Waals surface area (Å²) in [4.78, 5) is 44.7. The van der Waals surface area contributed by atoms with Crippen molar-refractivity contribution in [3.05, 3.63) is 71.3 Å². The predicted octanol–water partition coefficient (Wildman–Crippen LogP) is 3.74. The van der Waals surface area contributed by atoms with E-state index in [-0.39, 0.29) is 40.9 Å². The van der Waals surface area contributed by atoms with Gasteiger partial charge >= 0.3 is 0 Å². The van der Waals surface area contributed by atoms with Gasteiger partial charge in [-0.15, -0.1) is 0 Å². The molecule has 34 heavy (non-hydrogen) atoms. The first-order chi connectivity index (χ1) is 16.4. The highest BCUT2D eigenvalue weighted by Crippen LogP contribution is 2.33. The zero-order valence-electron chi connectivity index (χ0n) is 18.3. The molecular weight excluding hydrogens is 459 g/mol. The van der Waals surface area contributed by atoms with Crippen molar-refractivity contribution >= 4 is 35.2 Å². The van der Waals surface area contributed by atoms with Crippen molar-refractivity contribution in [2.45, 2.75) is 29.0 Å². The molecule has 2 aromatic carbocycles. The lowest BCUT2D eigenvalue weighted by Crippen LogP contribution is -2.36. The van der Waals surface area contributed by atoms with Gasteiger partial charge in [-0.25, -0.2) is 9.37 Å². The van der Waals surface area contributed by atoms with Crippen molar-refractivity contribution in [1.82, 2.24) is 14.5 Å². The molecule has 1 fully saturated rings. The molecule has 3 heterocycles. The molecule has 0 bridgehead atoms. The Hall–Kier alpha value is -3.50. The van der Waals surface area contributed by atoms with Crippen LogP contribution in [0, 0.1) is 5.82 Å². The number of anilines is 1. The van der Waals surface area contributed by atoms with Gasteiger partial charge in [-0.1, -0.05) is 0 Å². The van der Waals surface area contributed by atoms with Crippen molar-refractivity contribution in [3.8, 4) is 0 Å². The first kappa shape index (κ1) is 22.3. The molecule has 0 saturated carbocycles. The molecule has 2 aliphatic rings. The number of rotatable bonds is 6. The summed E-state index contributed by atoms with van der Waals surface area (Å²) in [5, 5.41) is 3.40. The molecule has 10 heteroatoms. The van der Waals surface area contributed by atoms with Gasteiger partial charge in [0.25, 0.3) is 17.7 Å². The number of amides is 3. The SMILES string of the molecule is Cn1ccnc1Sc1ccc(F)cc1NC(=O)c1ccc2c(c1)C(=O)N(CC1CCCO1)C2=O. The summed E-state index contributed by atoms with van der Waals surface area (Å²) in [6.07, 6.45) is 4.98. The zero-order valence-corrected chi connectivity index (χ0v) is 19.1. The van der Waals surface area contributed by atoms with E-state index < -0.39 is 17.6 Å². The minimum atomic E-state index is -0.520. The number of hydrogen-bond donors (Lipinski definition) is 1. The Morgan fingerprint density at radius 3 is 2.76 bits per heavy atom. The summed E-state index contributed by atoms with van der Waals surface area (Å²) in [6, 6.07) is 8.48. The highest BCUT2D eigenvalue weighted by molar-refractivity contribution is 7.99. The second-order valence-corrected chi connectivity index (χ2v) is 9.14. The minimum absolute atomic E-state index is 0.160. The second kappa shape index (κ2) is 9.03. The van der Waals surface area contributed by atoms with Gasteiger partial charge in [-0.2, -0.15) is 0 Å². The largest absolute Gasteiger partial charge is 0.376 e. The molecule has 1 saturated heterocycles. The normalized spacial score (nSPS) is 17.4. The van der Waals surface area contributed by atoms with Crippen LogP contribution in [0.1, 0.15) is 43.9 Å². The van der Waals surface area contributed by atoms with Gasteiger partial charge < -0.3 is 14.6 Å². The van der Waals surface area contributed by atoms with Gasteiger partial charge in [-0.3, -0.25) is 19.3 Å². The summed E-state index contributed by atoms with van der Waals surface area (Å²) >= 11 is 1.28. The molecule has 1 aromatic heterocycles. The maximum Gasteiger partial charge on any atom is 0.261 e. The number of aryl methyl sites for hydroxylation is 1. The summed E-state index contributed by atoms with van der Waals surface area (Å²) < 4.78 is 21.3. The fraction of sp³-hybridized carbons (Fsp3) is 0.250. The van der Waals surface area contributed by atoms with Gasteiger partial charge in [0.2, 0.25) is 0 Å². The number of nitrogens with zero attached hydrogens (tertiary/aromatic N) is 3. The molecule has 1 atom stereocenters. The van der Waals surface area contributed by atoms with Gasteiger partial charge in [0, 0.05) is 36.5 Å². The van der Waals surface area contributed by atoms with Crippen LogP contribution in [0.2, 0.25) is 0 Å². The zero-order chi connectivity index (χ0) is 23.8. The van der Waals surface area contributed by atoms with Crippen LogP contribution in [0.3, 0.4) is 0 Å². The summed E-state index contributed by atoms with van der Waals surface area (Å²) in [5.41, 5.74) is 0.908. The van der Waals surface area contributed by atoms with Crippen LogP contribution in [-0.4, -0.2) is 51.4 Å². The number of carbonyl (C=O) groups excluding carboxylic acids is 3. The summed E-state index contributed by atoms with van der Waals surface area (Å²) in [5.74, 6) is -1.85. The molecular formula is C24H21FN4O4S. The number of ether oxygens (including phenoxy) is 1. The maximum absolute atomic E-state index is 14.0. The van der Waals surface area contributed by atoms with Crippen molar-refractivity contribution in [2.24, 2.45) is 7.05 Å². The van der Waals surface area contributed by atoms with E-state index in [1.165, 1.54) is 47.0 Å². The Morgan fingerprint density at radius 1 is 1.21 bits per heavy atom.